The van der Waals surface area contributed by atoms with Gasteiger partial charge in [0.25, 0.3) is 0 Å². The van der Waals surface area contributed by atoms with Crippen molar-refractivity contribution in [1.29, 1.82) is 0 Å². The van der Waals surface area contributed by atoms with E-state index in [0.29, 0.717) is 12.5 Å². The van der Waals surface area contributed by atoms with Crippen LogP contribution in [0.1, 0.15) is 18.4 Å². The van der Waals surface area contributed by atoms with Crippen LogP contribution in [0.25, 0.3) is 0 Å². The first-order valence-electron chi connectivity index (χ1n) is 6.81. The number of piperidine rings is 1. The molecule has 3 heteroatoms. The summed E-state index contributed by atoms with van der Waals surface area (Å²) in [7, 11) is 0. The van der Waals surface area contributed by atoms with Crippen LogP contribution in [0.5, 0.6) is 5.75 Å². The van der Waals surface area contributed by atoms with Gasteiger partial charge < -0.3 is 9.84 Å². The lowest BCUT2D eigenvalue weighted by molar-refractivity contribution is 0.118. The minimum absolute atomic E-state index is 0.341. The number of hydrogen-bond donors (Lipinski definition) is 1. The van der Waals surface area contributed by atoms with Crippen LogP contribution in [-0.4, -0.2) is 42.9 Å². The van der Waals surface area contributed by atoms with Crippen LogP contribution in [0.2, 0.25) is 0 Å². The highest BCUT2D eigenvalue weighted by atomic mass is 16.5. The lowest BCUT2D eigenvalue weighted by atomic mass is 9.98. The largest absolute Gasteiger partial charge is 0.492 e. The first-order valence-corrected chi connectivity index (χ1v) is 6.81. The Labute approximate surface area is 109 Å². The Morgan fingerprint density at radius 2 is 2.00 bits per heavy atom. The number of likely N-dealkylation sites (tertiary alicyclic amines) is 1. The number of aliphatic hydroxyl groups is 1. The summed E-state index contributed by atoms with van der Waals surface area (Å²) in [4.78, 5) is 2.42. The number of aryl methyl sites for hydroxylation is 1. The van der Waals surface area contributed by atoms with Crippen molar-refractivity contribution in [2.75, 3.05) is 32.8 Å². The molecule has 0 bridgehead atoms. The van der Waals surface area contributed by atoms with Gasteiger partial charge >= 0.3 is 0 Å². The lowest BCUT2D eigenvalue weighted by Crippen LogP contribution is -2.37. The van der Waals surface area contributed by atoms with Crippen LogP contribution in [0, 0.1) is 12.8 Å². The van der Waals surface area contributed by atoms with Crippen molar-refractivity contribution in [1.82, 2.24) is 4.90 Å². The number of nitrogens with zero attached hydrogens (tertiary/aromatic N) is 1. The fourth-order valence-electron chi connectivity index (χ4n) is 2.40. The van der Waals surface area contributed by atoms with Gasteiger partial charge in [-0.3, -0.25) is 4.90 Å². The molecule has 100 valence electrons. The van der Waals surface area contributed by atoms with Gasteiger partial charge in [-0.1, -0.05) is 18.2 Å². The van der Waals surface area contributed by atoms with E-state index in [-0.39, 0.29) is 0 Å². The average Bonchev–Trinajstić information content (AvgIpc) is 2.42. The van der Waals surface area contributed by atoms with Gasteiger partial charge in [0.05, 0.1) is 0 Å². The van der Waals surface area contributed by atoms with Crippen molar-refractivity contribution in [3.05, 3.63) is 29.8 Å². The van der Waals surface area contributed by atoms with Crippen LogP contribution < -0.4 is 4.74 Å². The van der Waals surface area contributed by atoms with Crippen LogP contribution in [-0.2, 0) is 0 Å². The predicted molar refractivity (Wildman–Crippen MR) is 72.9 cm³/mol. The Hall–Kier alpha value is -1.06. The van der Waals surface area contributed by atoms with E-state index in [2.05, 4.69) is 17.9 Å². The van der Waals surface area contributed by atoms with Crippen LogP contribution >= 0.6 is 0 Å². The van der Waals surface area contributed by atoms with E-state index in [4.69, 9.17) is 9.84 Å². The van der Waals surface area contributed by atoms with E-state index in [1.54, 1.807) is 0 Å². The molecule has 18 heavy (non-hydrogen) atoms. The van der Waals surface area contributed by atoms with E-state index in [1.807, 2.05) is 18.2 Å². The lowest BCUT2D eigenvalue weighted by Gasteiger charge is -2.30. The van der Waals surface area contributed by atoms with Gasteiger partial charge in [-0.15, -0.1) is 0 Å². The molecule has 0 amide bonds. The molecule has 1 saturated heterocycles. The van der Waals surface area contributed by atoms with Gasteiger partial charge in [0.15, 0.2) is 0 Å². The zero-order valence-corrected chi connectivity index (χ0v) is 11.1. The molecule has 1 aromatic carbocycles. The van der Waals surface area contributed by atoms with Crippen molar-refractivity contribution in [3.63, 3.8) is 0 Å². The second kappa shape index (κ2) is 6.76. The third kappa shape index (κ3) is 3.72. The maximum atomic E-state index is 9.09. The SMILES string of the molecule is Cc1ccccc1OCCN1CCC(CO)CC1. The van der Waals surface area contributed by atoms with Crippen LogP contribution in [0.15, 0.2) is 24.3 Å². The maximum Gasteiger partial charge on any atom is 0.122 e. The molecule has 1 heterocycles. The van der Waals surface area contributed by atoms with Crippen molar-refractivity contribution >= 4 is 0 Å². The summed E-state index contributed by atoms with van der Waals surface area (Å²) in [6.07, 6.45) is 2.22. The number of hydrogen-bond acceptors (Lipinski definition) is 3. The fourth-order valence-corrected chi connectivity index (χ4v) is 2.40. The van der Waals surface area contributed by atoms with Crippen molar-refractivity contribution in [3.8, 4) is 5.75 Å². The smallest absolute Gasteiger partial charge is 0.122 e. The van der Waals surface area contributed by atoms with Crippen LogP contribution in [0.3, 0.4) is 0 Å². The van der Waals surface area contributed by atoms with Gasteiger partial charge in [-0.25, -0.2) is 0 Å². The zero-order valence-electron chi connectivity index (χ0n) is 11.1. The molecule has 2 rings (SSSR count). The molecule has 1 N–H and O–H groups in total. The van der Waals surface area contributed by atoms with Gasteiger partial charge in [0.1, 0.15) is 12.4 Å². The minimum Gasteiger partial charge on any atom is -0.492 e. The number of rotatable bonds is 5. The fraction of sp³-hybridized carbons (Fsp3) is 0.600. The Bertz CT molecular complexity index is 359. The predicted octanol–water partition coefficient (Wildman–Crippen LogP) is 2.08. The Morgan fingerprint density at radius 3 is 2.67 bits per heavy atom. The molecule has 0 radical (unpaired) electrons. The maximum absolute atomic E-state index is 9.09. The Balaban J connectivity index is 1.69. The van der Waals surface area contributed by atoms with E-state index in [0.717, 1.165) is 44.8 Å². The van der Waals surface area contributed by atoms with E-state index < -0.39 is 0 Å². The monoisotopic (exact) mass is 249 g/mol. The molecule has 0 saturated carbocycles. The summed E-state index contributed by atoms with van der Waals surface area (Å²) >= 11 is 0. The highest BCUT2D eigenvalue weighted by molar-refractivity contribution is 5.31. The molecule has 1 aromatic rings. The summed E-state index contributed by atoms with van der Waals surface area (Å²) in [6, 6.07) is 8.13. The topological polar surface area (TPSA) is 32.7 Å². The number of aliphatic hydroxyl groups excluding tert-OH is 1. The highest BCUT2D eigenvalue weighted by Gasteiger charge is 2.17. The molecule has 1 aliphatic heterocycles. The normalized spacial score (nSPS) is 17.9. The summed E-state index contributed by atoms with van der Waals surface area (Å²) in [5.41, 5.74) is 1.19. The summed E-state index contributed by atoms with van der Waals surface area (Å²) in [5.74, 6) is 1.50. The third-order valence-corrected chi connectivity index (χ3v) is 3.72. The molecule has 0 aromatic heterocycles. The number of para-hydroxylation sites is 1. The summed E-state index contributed by atoms with van der Waals surface area (Å²) in [5, 5.41) is 9.09. The zero-order chi connectivity index (χ0) is 12.8. The van der Waals surface area contributed by atoms with Crippen LogP contribution in [0.4, 0.5) is 0 Å². The van der Waals surface area contributed by atoms with E-state index in [1.165, 1.54) is 5.56 Å². The molecule has 0 atom stereocenters. The first kappa shape index (κ1) is 13.4. The second-order valence-electron chi connectivity index (χ2n) is 5.08. The minimum atomic E-state index is 0.341. The molecule has 0 unspecified atom stereocenters. The Morgan fingerprint density at radius 1 is 1.28 bits per heavy atom. The van der Waals surface area contributed by atoms with Gasteiger partial charge in [0.2, 0.25) is 0 Å². The molecule has 1 fully saturated rings. The third-order valence-electron chi connectivity index (χ3n) is 3.72. The molecular weight excluding hydrogens is 226 g/mol. The standard InChI is InChI=1S/C15H23NO2/c1-13-4-2-3-5-15(13)18-11-10-16-8-6-14(12-17)7-9-16/h2-5,14,17H,6-12H2,1H3. The highest BCUT2D eigenvalue weighted by Crippen LogP contribution is 2.18. The second-order valence-corrected chi connectivity index (χ2v) is 5.08. The van der Waals surface area contributed by atoms with Crippen molar-refractivity contribution in [2.24, 2.45) is 5.92 Å². The van der Waals surface area contributed by atoms with Crippen molar-refractivity contribution in [2.45, 2.75) is 19.8 Å². The summed E-state index contributed by atoms with van der Waals surface area (Å²) < 4.78 is 5.80. The summed E-state index contributed by atoms with van der Waals surface area (Å²) in [6.45, 7) is 6.31. The number of benzene rings is 1. The molecule has 1 aliphatic rings. The first-order chi connectivity index (χ1) is 8.79. The number of ether oxygens (including phenoxy) is 1. The Kier molecular flexibility index (Phi) is 5.02. The van der Waals surface area contributed by atoms with Crippen molar-refractivity contribution < 1.29 is 9.84 Å². The molecular formula is C15H23NO2. The molecule has 0 spiro atoms. The molecule has 3 nitrogen and oxygen atoms in total. The molecule has 0 aliphatic carbocycles. The van der Waals surface area contributed by atoms with Gasteiger partial charge in [-0.05, 0) is 50.4 Å². The van der Waals surface area contributed by atoms with E-state index >= 15 is 0 Å². The average molecular weight is 249 g/mol. The van der Waals surface area contributed by atoms with E-state index in [9.17, 15) is 0 Å². The van der Waals surface area contributed by atoms with Gasteiger partial charge in [0, 0.05) is 13.2 Å². The quantitative estimate of drug-likeness (QED) is 0.867. The van der Waals surface area contributed by atoms with Gasteiger partial charge in [-0.2, -0.15) is 0 Å².